The Kier molecular flexibility index (Phi) is 14.4. The van der Waals surface area contributed by atoms with Gasteiger partial charge >= 0.3 is 23.1 Å². The van der Waals surface area contributed by atoms with Gasteiger partial charge in [0.05, 0.1) is 0 Å². The number of nitrogens with one attached hydrogen (secondary N) is 3. The third kappa shape index (κ3) is 8.85. The van der Waals surface area contributed by atoms with Gasteiger partial charge in [0.2, 0.25) is 0 Å². The fraction of sp³-hybridized carbons (Fsp3) is 1.00. The molecule has 0 aromatic carbocycles. The second-order valence-corrected chi connectivity index (χ2v) is 2.25. The molecule has 1 heterocycles. The van der Waals surface area contributed by atoms with Crippen LogP contribution in [-0.2, 0) is 0 Å². The predicted molar refractivity (Wildman–Crippen MR) is 53.8 cm³/mol. The molecule has 1 fully saturated rings. The maximum atomic E-state index is 3.30. The summed E-state index contributed by atoms with van der Waals surface area (Å²) in [5, 5.41) is 9.91. The molecule has 0 aromatic rings. The summed E-state index contributed by atoms with van der Waals surface area (Å²) in [6.45, 7) is 6.59. The standard InChI is InChI=1S/C6H15N3.ClH.Mg.2H/c1-2-8-5-6-9-4-3-7-1;;;;/h7-9H,1-6H2;1H;;;/q;;+2;2*-1. The molecule has 5 heteroatoms. The van der Waals surface area contributed by atoms with E-state index in [4.69, 9.17) is 0 Å². The molecular weight excluding hydrogens is 174 g/mol. The molecule has 0 radical (unpaired) electrons. The zero-order valence-corrected chi connectivity index (χ0v) is 9.09. The van der Waals surface area contributed by atoms with Crippen LogP contribution in [0.25, 0.3) is 0 Å². The fourth-order valence-electron chi connectivity index (χ4n) is 0.905. The van der Waals surface area contributed by atoms with Crippen LogP contribution in [-0.4, -0.2) is 62.3 Å². The third-order valence-corrected chi connectivity index (χ3v) is 1.44. The molecule has 11 heavy (non-hydrogen) atoms. The van der Waals surface area contributed by atoms with Crippen LogP contribution in [0.5, 0.6) is 0 Å². The van der Waals surface area contributed by atoms with E-state index in [0.717, 1.165) is 39.3 Å². The monoisotopic (exact) mass is 191 g/mol. The minimum atomic E-state index is 0. The minimum Gasteiger partial charge on any atom is -1.00 e. The van der Waals surface area contributed by atoms with E-state index in [2.05, 4.69) is 16.0 Å². The second-order valence-electron chi connectivity index (χ2n) is 2.25. The largest absolute Gasteiger partial charge is 2.00 e. The van der Waals surface area contributed by atoms with Crippen LogP contribution in [0.4, 0.5) is 0 Å². The van der Waals surface area contributed by atoms with E-state index in [0.29, 0.717) is 0 Å². The molecule has 0 spiro atoms. The Hall–Kier alpha value is 0.936. The van der Waals surface area contributed by atoms with Crippen LogP contribution >= 0.6 is 12.4 Å². The molecule has 66 valence electrons. The molecule has 0 atom stereocenters. The molecule has 3 nitrogen and oxygen atoms in total. The van der Waals surface area contributed by atoms with Crippen LogP contribution in [0.1, 0.15) is 2.85 Å². The van der Waals surface area contributed by atoms with Crippen LogP contribution < -0.4 is 16.0 Å². The van der Waals surface area contributed by atoms with Crippen molar-refractivity contribution in [3.63, 3.8) is 0 Å². The van der Waals surface area contributed by atoms with Gasteiger partial charge < -0.3 is 18.8 Å². The molecule has 0 bridgehead atoms. The van der Waals surface area contributed by atoms with E-state index in [1.165, 1.54) is 0 Å². The van der Waals surface area contributed by atoms with Crippen LogP contribution in [0.2, 0.25) is 0 Å². The topological polar surface area (TPSA) is 36.1 Å². The van der Waals surface area contributed by atoms with Crippen molar-refractivity contribution in [2.24, 2.45) is 0 Å². The van der Waals surface area contributed by atoms with E-state index >= 15 is 0 Å². The zero-order chi connectivity index (χ0) is 6.36. The van der Waals surface area contributed by atoms with Crippen molar-refractivity contribution >= 4 is 35.5 Å². The molecule has 1 aliphatic rings. The maximum absolute atomic E-state index is 3.30. The van der Waals surface area contributed by atoms with Crippen molar-refractivity contribution in [3.05, 3.63) is 0 Å². The average molecular weight is 192 g/mol. The summed E-state index contributed by atoms with van der Waals surface area (Å²) in [5.74, 6) is 0. The van der Waals surface area contributed by atoms with Crippen molar-refractivity contribution in [3.8, 4) is 0 Å². The fourth-order valence-corrected chi connectivity index (χ4v) is 0.905. The van der Waals surface area contributed by atoms with Crippen molar-refractivity contribution in [2.75, 3.05) is 39.3 Å². The summed E-state index contributed by atoms with van der Waals surface area (Å²) in [7, 11) is 0. The Morgan fingerprint density at radius 3 is 1.00 bits per heavy atom. The van der Waals surface area contributed by atoms with E-state index in [1.54, 1.807) is 0 Å². The minimum absolute atomic E-state index is 0. The molecular formula is C6H18ClMgN3. The molecule has 1 rings (SSSR count). The summed E-state index contributed by atoms with van der Waals surface area (Å²) in [6.07, 6.45) is 0. The maximum Gasteiger partial charge on any atom is 2.00 e. The molecule has 0 aromatic heterocycles. The molecule has 1 aliphatic heterocycles. The van der Waals surface area contributed by atoms with Crippen molar-refractivity contribution in [1.82, 2.24) is 16.0 Å². The van der Waals surface area contributed by atoms with Gasteiger partial charge in [-0.3, -0.25) is 0 Å². The quantitative estimate of drug-likeness (QED) is 0.432. The first-order valence-electron chi connectivity index (χ1n) is 3.62. The summed E-state index contributed by atoms with van der Waals surface area (Å²) >= 11 is 0. The molecule has 0 aliphatic carbocycles. The van der Waals surface area contributed by atoms with Crippen LogP contribution in [0.3, 0.4) is 0 Å². The Labute approximate surface area is 93.6 Å². The first kappa shape index (κ1) is 14.5. The van der Waals surface area contributed by atoms with Gasteiger partial charge in [-0.2, -0.15) is 0 Å². The van der Waals surface area contributed by atoms with E-state index in [-0.39, 0.29) is 38.3 Å². The number of hydrogen-bond donors (Lipinski definition) is 3. The first-order chi connectivity index (χ1) is 4.50. The Morgan fingerprint density at radius 1 is 0.636 bits per heavy atom. The number of hydrogen-bond acceptors (Lipinski definition) is 3. The van der Waals surface area contributed by atoms with Crippen LogP contribution in [0.15, 0.2) is 0 Å². The second kappa shape index (κ2) is 10.9. The molecule has 1 saturated heterocycles. The van der Waals surface area contributed by atoms with Gasteiger partial charge in [-0.05, 0) is 0 Å². The van der Waals surface area contributed by atoms with Gasteiger partial charge in [0.25, 0.3) is 0 Å². The summed E-state index contributed by atoms with van der Waals surface area (Å²) in [4.78, 5) is 0. The van der Waals surface area contributed by atoms with Gasteiger partial charge in [0, 0.05) is 39.3 Å². The SMILES string of the molecule is C1CNCCNCCN1.Cl.[H-].[H-].[Mg+2]. The van der Waals surface area contributed by atoms with Crippen molar-refractivity contribution in [2.45, 2.75) is 0 Å². The number of halogens is 1. The van der Waals surface area contributed by atoms with E-state index < -0.39 is 0 Å². The van der Waals surface area contributed by atoms with Gasteiger partial charge in [0.1, 0.15) is 0 Å². The Balaban J connectivity index is -0.000000101. The summed E-state index contributed by atoms with van der Waals surface area (Å²) < 4.78 is 0. The van der Waals surface area contributed by atoms with Gasteiger partial charge in [-0.1, -0.05) is 0 Å². The molecule has 0 saturated carbocycles. The van der Waals surface area contributed by atoms with Crippen molar-refractivity contribution < 1.29 is 2.85 Å². The molecule has 0 unspecified atom stereocenters. The zero-order valence-electron chi connectivity index (χ0n) is 8.86. The van der Waals surface area contributed by atoms with Gasteiger partial charge in [-0.25, -0.2) is 0 Å². The average Bonchev–Trinajstić information content (AvgIpc) is 2.00. The number of rotatable bonds is 0. The third-order valence-electron chi connectivity index (χ3n) is 1.44. The Morgan fingerprint density at radius 2 is 0.818 bits per heavy atom. The first-order valence-corrected chi connectivity index (χ1v) is 3.62. The summed E-state index contributed by atoms with van der Waals surface area (Å²) in [5.41, 5.74) is 0. The van der Waals surface area contributed by atoms with Gasteiger partial charge in [-0.15, -0.1) is 12.4 Å². The van der Waals surface area contributed by atoms with Crippen molar-refractivity contribution in [1.29, 1.82) is 0 Å². The molecule has 3 N–H and O–H groups in total. The molecule has 0 amide bonds. The smallest absolute Gasteiger partial charge is 1.00 e. The Bertz CT molecular complexity index is 54.4. The van der Waals surface area contributed by atoms with E-state index in [1.807, 2.05) is 0 Å². The predicted octanol–water partition coefficient (Wildman–Crippen LogP) is -0.965. The van der Waals surface area contributed by atoms with E-state index in [9.17, 15) is 0 Å². The van der Waals surface area contributed by atoms with Crippen LogP contribution in [0, 0.1) is 0 Å². The van der Waals surface area contributed by atoms with Gasteiger partial charge in [0.15, 0.2) is 0 Å². The summed E-state index contributed by atoms with van der Waals surface area (Å²) in [6, 6.07) is 0. The normalized spacial score (nSPS) is 19.6.